The molecule has 0 fully saturated rings. The van der Waals surface area contributed by atoms with E-state index in [1.54, 1.807) is 12.0 Å². The normalized spacial score (nSPS) is 10.8. The maximum Gasteiger partial charge on any atom is 0.339 e. The molecule has 0 spiro atoms. The topological polar surface area (TPSA) is 68.7 Å². The first-order valence-electron chi connectivity index (χ1n) is 10.4. The highest BCUT2D eigenvalue weighted by molar-refractivity contribution is 6.05. The van der Waals surface area contributed by atoms with Gasteiger partial charge in [0, 0.05) is 31.3 Å². The second kappa shape index (κ2) is 10.7. The van der Waals surface area contributed by atoms with Crippen LogP contribution in [-0.4, -0.2) is 48.6 Å². The molecule has 0 atom stereocenters. The molecule has 6 heteroatoms. The van der Waals surface area contributed by atoms with Gasteiger partial charge in [0.1, 0.15) is 0 Å². The van der Waals surface area contributed by atoms with Crippen LogP contribution < -0.4 is 0 Å². The van der Waals surface area contributed by atoms with Crippen LogP contribution in [0.15, 0.2) is 54.6 Å². The van der Waals surface area contributed by atoms with Gasteiger partial charge in [0.15, 0.2) is 6.61 Å². The van der Waals surface area contributed by atoms with Crippen molar-refractivity contribution in [2.24, 2.45) is 0 Å². The number of carbonyl (C=O) groups is 2. The zero-order valence-corrected chi connectivity index (χ0v) is 18.3. The minimum atomic E-state index is -0.509. The third-order valence-corrected chi connectivity index (χ3v) is 5.24. The van der Waals surface area contributed by atoms with Gasteiger partial charge in [-0.25, -0.2) is 4.79 Å². The number of para-hydroxylation sites is 1. The summed E-state index contributed by atoms with van der Waals surface area (Å²) in [7, 11) is 1.59. The highest BCUT2D eigenvalue weighted by Gasteiger charge is 2.21. The van der Waals surface area contributed by atoms with E-state index in [2.05, 4.69) is 4.98 Å². The Labute approximate surface area is 182 Å². The molecule has 1 amide bonds. The van der Waals surface area contributed by atoms with E-state index < -0.39 is 5.97 Å². The quantitative estimate of drug-likeness (QED) is 0.491. The molecule has 0 unspecified atom stereocenters. The van der Waals surface area contributed by atoms with Crippen molar-refractivity contribution >= 4 is 22.8 Å². The van der Waals surface area contributed by atoms with Gasteiger partial charge in [0.25, 0.3) is 5.91 Å². The number of hydrogen-bond acceptors (Lipinski definition) is 5. The average Bonchev–Trinajstić information content (AvgIpc) is 2.80. The van der Waals surface area contributed by atoms with Crippen molar-refractivity contribution in [3.05, 3.63) is 77.0 Å². The van der Waals surface area contributed by atoms with Crippen LogP contribution in [0.3, 0.4) is 0 Å². The molecule has 1 aromatic heterocycles. The first kappa shape index (κ1) is 22.4. The van der Waals surface area contributed by atoms with Gasteiger partial charge in [-0.3, -0.25) is 9.78 Å². The van der Waals surface area contributed by atoms with Crippen molar-refractivity contribution in [3.8, 4) is 0 Å². The largest absolute Gasteiger partial charge is 0.452 e. The molecule has 6 nitrogen and oxygen atoms in total. The fourth-order valence-corrected chi connectivity index (χ4v) is 3.55. The Kier molecular flexibility index (Phi) is 7.73. The Balaban J connectivity index is 1.77. The van der Waals surface area contributed by atoms with Crippen LogP contribution in [-0.2, 0) is 27.2 Å². The lowest BCUT2D eigenvalue weighted by molar-refractivity contribution is -0.135. The molecular formula is C25H28N2O4. The number of amides is 1. The van der Waals surface area contributed by atoms with Gasteiger partial charge in [-0.2, -0.15) is 0 Å². The third-order valence-electron chi connectivity index (χ3n) is 5.24. The second-order valence-corrected chi connectivity index (χ2v) is 7.30. The Morgan fingerprint density at radius 2 is 1.74 bits per heavy atom. The molecule has 2 aromatic carbocycles. The first-order chi connectivity index (χ1) is 15.0. The highest BCUT2D eigenvalue weighted by atomic mass is 16.5. The van der Waals surface area contributed by atoms with Crippen LogP contribution >= 0.6 is 0 Å². The number of aryl methyl sites for hydroxylation is 1. The van der Waals surface area contributed by atoms with E-state index >= 15 is 0 Å². The van der Waals surface area contributed by atoms with E-state index in [4.69, 9.17) is 9.47 Å². The van der Waals surface area contributed by atoms with Crippen molar-refractivity contribution in [1.82, 2.24) is 9.88 Å². The molecule has 0 radical (unpaired) electrons. The number of pyridine rings is 1. The number of esters is 1. The summed E-state index contributed by atoms with van der Waals surface area (Å²) in [5, 5.41) is 0.732. The molecule has 162 valence electrons. The summed E-state index contributed by atoms with van der Waals surface area (Å²) in [6, 6.07) is 17.2. The van der Waals surface area contributed by atoms with Crippen LogP contribution in [0.5, 0.6) is 0 Å². The standard InChI is InChI=1S/C25H28N2O4/c1-4-21-18(2)24(20-12-8-9-13-22(20)26-21)25(29)31-17-23(28)27(14-15-30-3)16-19-10-6-5-7-11-19/h5-13H,4,14-17H2,1-3H3. The van der Waals surface area contributed by atoms with E-state index in [-0.39, 0.29) is 12.5 Å². The summed E-state index contributed by atoms with van der Waals surface area (Å²) in [4.78, 5) is 32.1. The van der Waals surface area contributed by atoms with Gasteiger partial charge in [-0.1, -0.05) is 55.5 Å². The lowest BCUT2D eigenvalue weighted by Gasteiger charge is -2.22. The van der Waals surface area contributed by atoms with Gasteiger partial charge in [0.05, 0.1) is 17.7 Å². The summed E-state index contributed by atoms with van der Waals surface area (Å²) < 4.78 is 10.6. The third kappa shape index (κ3) is 5.47. The van der Waals surface area contributed by atoms with Gasteiger partial charge in [0.2, 0.25) is 0 Å². The summed E-state index contributed by atoms with van der Waals surface area (Å²) in [5.74, 6) is -0.772. The number of carbonyl (C=O) groups excluding carboxylic acids is 2. The minimum Gasteiger partial charge on any atom is -0.452 e. The number of benzene rings is 2. The van der Waals surface area contributed by atoms with E-state index in [0.29, 0.717) is 31.7 Å². The molecule has 3 rings (SSSR count). The predicted molar refractivity (Wildman–Crippen MR) is 120 cm³/mol. The molecule has 0 aliphatic carbocycles. The molecule has 31 heavy (non-hydrogen) atoms. The minimum absolute atomic E-state index is 0.263. The lowest BCUT2D eigenvalue weighted by atomic mass is 10.0. The van der Waals surface area contributed by atoms with Crippen molar-refractivity contribution < 1.29 is 19.1 Å². The maximum atomic E-state index is 13.0. The Morgan fingerprint density at radius 1 is 1.03 bits per heavy atom. The smallest absolute Gasteiger partial charge is 0.339 e. The molecular weight excluding hydrogens is 392 g/mol. The molecule has 3 aromatic rings. The van der Waals surface area contributed by atoms with Crippen LogP contribution in [0.25, 0.3) is 10.9 Å². The van der Waals surface area contributed by atoms with Gasteiger partial charge in [-0.05, 0) is 30.5 Å². The van der Waals surface area contributed by atoms with Gasteiger partial charge >= 0.3 is 5.97 Å². The zero-order chi connectivity index (χ0) is 22.2. The predicted octanol–water partition coefficient (Wildman–Crippen LogP) is 3.94. The van der Waals surface area contributed by atoms with Crippen molar-refractivity contribution in [1.29, 1.82) is 0 Å². The van der Waals surface area contributed by atoms with Crippen molar-refractivity contribution in [3.63, 3.8) is 0 Å². The fourth-order valence-electron chi connectivity index (χ4n) is 3.55. The number of ether oxygens (including phenoxy) is 2. The van der Waals surface area contributed by atoms with E-state index in [1.807, 2.05) is 68.4 Å². The number of hydrogen-bond donors (Lipinski definition) is 0. The number of methoxy groups -OCH3 is 1. The number of aromatic nitrogens is 1. The van der Waals surface area contributed by atoms with E-state index in [0.717, 1.165) is 27.7 Å². The van der Waals surface area contributed by atoms with Gasteiger partial charge < -0.3 is 14.4 Å². The van der Waals surface area contributed by atoms with Crippen LogP contribution in [0, 0.1) is 6.92 Å². The van der Waals surface area contributed by atoms with Gasteiger partial charge in [-0.15, -0.1) is 0 Å². The Morgan fingerprint density at radius 3 is 2.45 bits per heavy atom. The zero-order valence-electron chi connectivity index (χ0n) is 18.3. The number of fused-ring (bicyclic) bond motifs is 1. The Hall–Kier alpha value is -3.25. The van der Waals surface area contributed by atoms with Crippen molar-refractivity contribution in [2.75, 3.05) is 26.9 Å². The van der Waals surface area contributed by atoms with E-state index in [1.165, 1.54) is 0 Å². The summed E-state index contributed by atoms with van der Waals surface area (Å²) >= 11 is 0. The fraction of sp³-hybridized carbons (Fsp3) is 0.320. The first-order valence-corrected chi connectivity index (χ1v) is 10.4. The van der Waals surface area contributed by atoms with Crippen molar-refractivity contribution in [2.45, 2.75) is 26.8 Å². The number of rotatable bonds is 9. The molecule has 1 heterocycles. The highest BCUT2D eigenvalue weighted by Crippen LogP contribution is 2.24. The molecule has 0 N–H and O–H groups in total. The summed E-state index contributed by atoms with van der Waals surface area (Å²) in [6.07, 6.45) is 0.706. The average molecular weight is 421 g/mol. The molecule has 0 aliphatic rings. The van der Waals surface area contributed by atoms with Crippen LogP contribution in [0.2, 0.25) is 0 Å². The molecule has 0 bridgehead atoms. The van der Waals surface area contributed by atoms with Crippen LogP contribution in [0.1, 0.15) is 34.1 Å². The molecule has 0 saturated heterocycles. The monoisotopic (exact) mass is 420 g/mol. The number of nitrogens with zero attached hydrogens (tertiary/aromatic N) is 2. The molecule has 0 saturated carbocycles. The Bertz CT molecular complexity index is 1050. The maximum absolute atomic E-state index is 13.0. The second-order valence-electron chi connectivity index (χ2n) is 7.30. The summed E-state index contributed by atoms with van der Waals surface area (Å²) in [5.41, 5.74) is 3.86. The van der Waals surface area contributed by atoms with Crippen LogP contribution in [0.4, 0.5) is 0 Å². The lowest BCUT2D eigenvalue weighted by Crippen LogP contribution is -2.36. The SMILES string of the molecule is CCc1nc2ccccc2c(C(=O)OCC(=O)N(CCOC)Cc2ccccc2)c1C. The van der Waals surface area contributed by atoms with E-state index in [9.17, 15) is 9.59 Å². The summed E-state index contributed by atoms with van der Waals surface area (Å²) in [6.45, 7) is 4.79. The molecule has 0 aliphatic heterocycles.